The first-order chi connectivity index (χ1) is 7.36. The third kappa shape index (κ3) is 2.81. The lowest BCUT2D eigenvalue weighted by Gasteiger charge is -2.20. The van der Waals surface area contributed by atoms with Gasteiger partial charge in [0.05, 0.1) is 18.6 Å². The van der Waals surface area contributed by atoms with Crippen molar-refractivity contribution in [3.63, 3.8) is 0 Å². The Morgan fingerprint density at radius 2 is 2.27 bits per heavy atom. The van der Waals surface area contributed by atoms with Crippen LogP contribution in [0.1, 0.15) is 37.8 Å². The van der Waals surface area contributed by atoms with E-state index in [1.807, 2.05) is 0 Å². The van der Waals surface area contributed by atoms with Gasteiger partial charge in [-0.3, -0.25) is 4.79 Å². The maximum absolute atomic E-state index is 11.7. The molecule has 2 rings (SSSR count). The fraction of sp³-hybridized carbons (Fsp3) is 0.636. The van der Waals surface area contributed by atoms with Crippen LogP contribution in [0.25, 0.3) is 0 Å². The van der Waals surface area contributed by atoms with Crippen molar-refractivity contribution in [1.29, 1.82) is 0 Å². The van der Waals surface area contributed by atoms with Crippen molar-refractivity contribution in [2.24, 2.45) is 5.92 Å². The number of nitrogens with one attached hydrogen (secondary N) is 2. The molecule has 0 unspecified atom stereocenters. The highest BCUT2D eigenvalue weighted by molar-refractivity contribution is 5.78. The Balaban J connectivity index is 1.76. The minimum Gasteiger partial charge on any atom is -0.350 e. The van der Waals surface area contributed by atoms with E-state index in [2.05, 4.69) is 15.3 Å². The summed E-state index contributed by atoms with van der Waals surface area (Å²) in [4.78, 5) is 18.6. The number of hydrogen-bond donors (Lipinski definition) is 2. The lowest BCUT2D eigenvalue weighted by Crippen LogP contribution is -2.31. The van der Waals surface area contributed by atoms with Gasteiger partial charge in [0, 0.05) is 12.1 Å². The van der Waals surface area contributed by atoms with Gasteiger partial charge in [0.15, 0.2) is 0 Å². The zero-order valence-electron chi connectivity index (χ0n) is 8.83. The summed E-state index contributed by atoms with van der Waals surface area (Å²) in [5.74, 6) is 0.436. The van der Waals surface area contributed by atoms with Crippen molar-refractivity contribution < 1.29 is 4.79 Å². The first kappa shape index (κ1) is 10.2. The lowest BCUT2D eigenvalue weighted by molar-refractivity contribution is -0.126. The Hall–Kier alpha value is -1.32. The summed E-state index contributed by atoms with van der Waals surface area (Å²) in [5, 5.41) is 2.94. The molecular weight excluding hydrogens is 190 g/mol. The zero-order valence-corrected chi connectivity index (χ0v) is 8.83. The number of carbonyl (C=O) groups is 1. The Kier molecular flexibility index (Phi) is 3.37. The Morgan fingerprint density at radius 1 is 1.47 bits per heavy atom. The number of nitrogens with zero attached hydrogens (tertiary/aromatic N) is 1. The van der Waals surface area contributed by atoms with E-state index in [0.29, 0.717) is 6.54 Å². The molecule has 0 radical (unpaired) electrons. The fourth-order valence-electron chi connectivity index (χ4n) is 2.07. The molecule has 82 valence electrons. The molecule has 0 bridgehead atoms. The van der Waals surface area contributed by atoms with Gasteiger partial charge in [0.1, 0.15) is 0 Å². The number of rotatable bonds is 3. The van der Waals surface area contributed by atoms with Gasteiger partial charge in [0.2, 0.25) is 5.91 Å². The van der Waals surface area contributed by atoms with E-state index >= 15 is 0 Å². The van der Waals surface area contributed by atoms with E-state index in [1.165, 1.54) is 19.3 Å². The topological polar surface area (TPSA) is 57.8 Å². The number of hydrogen-bond acceptors (Lipinski definition) is 2. The molecule has 1 saturated carbocycles. The smallest absolute Gasteiger partial charge is 0.223 e. The monoisotopic (exact) mass is 207 g/mol. The minimum atomic E-state index is 0.198. The standard InChI is InChI=1S/C11H17N3O/c15-11(9-4-2-1-3-5-9)13-7-10-6-12-8-14-10/h6,8-9H,1-5,7H2,(H,12,14)(H,13,15). The van der Waals surface area contributed by atoms with Gasteiger partial charge < -0.3 is 10.3 Å². The van der Waals surface area contributed by atoms with Crippen molar-refractivity contribution >= 4 is 5.91 Å². The van der Waals surface area contributed by atoms with Crippen molar-refractivity contribution in [2.75, 3.05) is 0 Å². The molecule has 0 spiro atoms. The third-order valence-electron chi connectivity index (χ3n) is 2.98. The van der Waals surface area contributed by atoms with Crippen molar-refractivity contribution in [1.82, 2.24) is 15.3 Å². The zero-order chi connectivity index (χ0) is 10.5. The van der Waals surface area contributed by atoms with Crippen LogP contribution in [0.5, 0.6) is 0 Å². The summed E-state index contributed by atoms with van der Waals surface area (Å²) in [6.45, 7) is 0.565. The second kappa shape index (κ2) is 4.96. The Labute approximate surface area is 89.5 Å². The van der Waals surface area contributed by atoms with Crippen LogP contribution < -0.4 is 5.32 Å². The second-order valence-corrected chi connectivity index (χ2v) is 4.13. The van der Waals surface area contributed by atoms with Gasteiger partial charge in [-0.1, -0.05) is 19.3 Å². The molecule has 1 heterocycles. The molecule has 0 atom stereocenters. The van der Waals surface area contributed by atoms with Crippen LogP contribution >= 0.6 is 0 Å². The van der Waals surface area contributed by atoms with E-state index in [0.717, 1.165) is 18.5 Å². The largest absolute Gasteiger partial charge is 0.350 e. The van der Waals surface area contributed by atoms with Crippen LogP contribution in [0.4, 0.5) is 0 Å². The number of H-pyrrole nitrogens is 1. The van der Waals surface area contributed by atoms with Crippen LogP contribution in [0.3, 0.4) is 0 Å². The molecule has 4 nitrogen and oxygen atoms in total. The average molecular weight is 207 g/mol. The van der Waals surface area contributed by atoms with Gasteiger partial charge >= 0.3 is 0 Å². The normalized spacial score (nSPS) is 17.6. The number of carbonyl (C=O) groups excluding carboxylic acids is 1. The maximum atomic E-state index is 11.7. The molecule has 4 heteroatoms. The molecule has 1 aromatic rings. The number of aromatic amines is 1. The van der Waals surface area contributed by atoms with Crippen LogP contribution in [-0.4, -0.2) is 15.9 Å². The number of aromatic nitrogens is 2. The van der Waals surface area contributed by atoms with Crippen molar-refractivity contribution in [3.8, 4) is 0 Å². The van der Waals surface area contributed by atoms with Crippen LogP contribution in [0.2, 0.25) is 0 Å². The van der Waals surface area contributed by atoms with Crippen molar-refractivity contribution in [3.05, 3.63) is 18.2 Å². The SMILES string of the molecule is O=C(NCc1cnc[nH]1)C1CCCCC1. The molecule has 0 aromatic carbocycles. The summed E-state index contributed by atoms with van der Waals surface area (Å²) in [6.07, 6.45) is 9.14. The third-order valence-corrected chi connectivity index (χ3v) is 2.98. The first-order valence-corrected chi connectivity index (χ1v) is 5.61. The predicted molar refractivity (Wildman–Crippen MR) is 57.0 cm³/mol. The van der Waals surface area contributed by atoms with E-state index in [9.17, 15) is 4.79 Å². The molecule has 1 amide bonds. The van der Waals surface area contributed by atoms with Gasteiger partial charge in [-0.2, -0.15) is 0 Å². The van der Waals surface area contributed by atoms with Crippen molar-refractivity contribution in [2.45, 2.75) is 38.6 Å². The summed E-state index contributed by atoms with van der Waals surface area (Å²) in [6, 6.07) is 0. The molecule has 0 saturated heterocycles. The number of imidazole rings is 1. The molecule has 1 aliphatic rings. The predicted octanol–water partition coefficient (Wildman–Crippen LogP) is 1.61. The molecule has 2 N–H and O–H groups in total. The maximum Gasteiger partial charge on any atom is 0.223 e. The first-order valence-electron chi connectivity index (χ1n) is 5.61. The highest BCUT2D eigenvalue weighted by Gasteiger charge is 2.20. The van der Waals surface area contributed by atoms with Crippen LogP contribution in [0, 0.1) is 5.92 Å². The average Bonchev–Trinajstić information content (AvgIpc) is 2.80. The lowest BCUT2D eigenvalue weighted by atomic mass is 9.89. The summed E-state index contributed by atoms with van der Waals surface area (Å²) >= 11 is 0. The van der Waals surface area contributed by atoms with E-state index in [1.54, 1.807) is 12.5 Å². The molecule has 1 aliphatic carbocycles. The highest BCUT2D eigenvalue weighted by Crippen LogP contribution is 2.23. The summed E-state index contributed by atoms with van der Waals surface area (Å²) < 4.78 is 0. The van der Waals surface area contributed by atoms with Crippen LogP contribution in [-0.2, 0) is 11.3 Å². The van der Waals surface area contributed by atoms with Gasteiger partial charge in [-0.15, -0.1) is 0 Å². The molecule has 0 aliphatic heterocycles. The van der Waals surface area contributed by atoms with E-state index < -0.39 is 0 Å². The van der Waals surface area contributed by atoms with E-state index in [-0.39, 0.29) is 11.8 Å². The van der Waals surface area contributed by atoms with Crippen LogP contribution in [0.15, 0.2) is 12.5 Å². The van der Waals surface area contributed by atoms with Gasteiger partial charge in [-0.05, 0) is 12.8 Å². The summed E-state index contributed by atoms with van der Waals surface area (Å²) in [5.41, 5.74) is 0.958. The molecule has 15 heavy (non-hydrogen) atoms. The fourth-order valence-corrected chi connectivity index (χ4v) is 2.07. The van der Waals surface area contributed by atoms with E-state index in [4.69, 9.17) is 0 Å². The Morgan fingerprint density at radius 3 is 2.93 bits per heavy atom. The Bertz CT molecular complexity index is 302. The van der Waals surface area contributed by atoms with Gasteiger partial charge in [-0.25, -0.2) is 4.98 Å². The molecule has 1 fully saturated rings. The summed E-state index contributed by atoms with van der Waals surface area (Å²) in [7, 11) is 0. The number of amides is 1. The van der Waals surface area contributed by atoms with Gasteiger partial charge in [0.25, 0.3) is 0 Å². The quantitative estimate of drug-likeness (QED) is 0.791. The molecule has 1 aromatic heterocycles. The minimum absolute atomic E-state index is 0.198. The molecular formula is C11H17N3O. The highest BCUT2D eigenvalue weighted by atomic mass is 16.1. The second-order valence-electron chi connectivity index (χ2n) is 4.13.